The van der Waals surface area contributed by atoms with Gasteiger partial charge < -0.3 is 28.4 Å². The van der Waals surface area contributed by atoms with Gasteiger partial charge in [-0.1, -0.05) is 13.3 Å². The predicted octanol–water partition coefficient (Wildman–Crippen LogP) is 3.87. The number of nitrogens with zero attached hydrogens (tertiary/aromatic N) is 1. The minimum atomic E-state index is -1.40. The Morgan fingerprint density at radius 1 is 1.13 bits per heavy atom. The molecule has 1 fully saturated rings. The van der Waals surface area contributed by atoms with Gasteiger partial charge >= 0.3 is 11.9 Å². The topological polar surface area (TPSA) is 92.8 Å². The Labute approximate surface area is 224 Å². The number of carbonyl (C=O) groups excluding carboxylic acids is 2. The molecule has 5 rings (SSSR count). The number of benzene rings is 1. The van der Waals surface area contributed by atoms with Crippen molar-refractivity contribution in [2.75, 3.05) is 34.1 Å². The molecule has 0 saturated carbocycles. The monoisotopic (exact) mass is 529 g/mol. The molecule has 3 aliphatic heterocycles. The van der Waals surface area contributed by atoms with Gasteiger partial charge in [-0.05, 0) is 75.4 Å². The predicted molar refractivity (Wildman–Crippen MR) is 138 cm³/mol. The summed E-state index contributed by atoms with van der Waals surface area (Å²) < 4.78 is 34.7. The fourth-order valence-electron chi connectivity index (χ4n) is 6.28. The average molecular weight is 530 g/mol. The molecule has 0 spiro atoms. The molecule has 9 heteroatoms. The summed E-state index contributed by atoms with van der Waals surface area (Å²) in [6, 6.07) is 4.07. The third-order valence-electron chi connectivity index (χ3n) is 8.29. The molecule has 208 valence electrons. The summed E-state index contributed by atoms with van der Waals surface area (Å²) in [4.78, 5) is 28.7. The number of esters is 2. The van der Waals surface area contributed by atoms with Crippen LogP contribution in [0.1, 0.15) is 69.9 Å². The molecule has 0 unspecified atom stereocenters. The maximum atomic E-state index is 13.9. The lowest BCUT2D eigenvalue weighted by molar-refractivity contribution is -0.188. The molecule has 1 aromatic carbocycles. The van der Waals surface area contributed by atoms with E-state index in [1.54, 1.807) is 7.11 Å². The largest absolute Gasteiger partial charge is 0.497 e. The highest BCUT2D eigenvalue weighted by Crippen LogP contribution is 2.48. The number of unbranched alkanes of at least 4 members (excludes halogenated alkanes) is 1. The molecule has 3 heterocycles. The lowest BCUT2D eigenvalue weighted by Gasteiger charge is -2.34. The van der Waals surface area contributed by atoms with Gasteiger partial charge in [-0.25, -0.2) is 4.79 Å². The number of ether oxygens (including phenoxy) is 6. The quantitative estimate of drug-likeness (QED) is 0.465. The van der Waals surface area contributed by atoms with Crippen LogP contribution in [0.3, 0.4) is 0 Å². The summed E-state index contributed by atoms with van der Waals surface area (Å²) in [5.41, 5.74) is 0.249. The second kappa shape index (κ2) is 10.4. The fourth-order valence-corrected chi connectivity index (χ4v) is 6.28. The normalized spacial score (nSPS) is 29.2. The van der Waals surface area contributed by atoms with Crippen molar-refractivity contribution in [3.05, 3.63) is 35.1 Å². The summed E-state index contributed by atoms with van der Waals surface area (Å²) in [5.74, 6) is 0.766. The molecule has 1 aliphatic carbocycles. The van der Waals surface area contributed by atoms with Gasteiger partial charge in [0.2, 0.25) is 6.79 Å². The Kier molecular flexibility index (Phi) is 7.35. The van der Waals surface area contributed by atoms with Crippen LogP contribution in [-0.2, 0) is 35.0 Å². The first kappa shape index (κ1) is 26.8. The lowest BCUT2D eigenvalue weighted by atomic mass is 9.87. The minimum Gasteiger partial charge on any atom is -0.497 e. The molecule has 0 N–H and O–H groups in total. The first-order valence-corrected chi connectivity index (χ1v) is 13.6. The van der Waals surface area contributed by atoms with Crippen LogP contribution in [0.2, 0.25) is 0 Å². The molecule has 38 heavy (non-hydrogen) atoms. The first-order valence-electron chi connectivity index (χ1n) is 13.6. The van der Waals surface area contributed by atoms with Crippen LogP contribution in [0.5, 0.6) is 11.5 Å². The van der Waals surface area contributed by atoms with E-state index in [0.717, 1.165) is 49.2 Å². The molecular formula is C29H39NO8. The number of fused-ring (bicyclic) bond motifs is 4. The molecule has 4 aliphatic rings. The molecule has 0 amide bonds. The first-order chi connectivity index (χ1) is 18.2. The van der Waals surface area contributed by atoms with Gasteiger partial charge in [0, 0.05) is 18.5 Å². The molecule has 4 atom stereocenters. The molecule has 0 radical (unpaired) electrons. The maximum Gasteiger partial charge on any atom is 0.339 e. The third kappa shape index (κ3) is 4.86. The maximum absolute atomic E-state index is 13.9. The smallest absolute Gasteiger partial charge is 0.339 e. The summed E-state index contributed by atoms with van der Waals surface area (Å²) >= 11 is 0. The summed E-state index contributed by atoms with van der Waals surface area (Å²) in [7, 11) is 2.92. The molecule has 1 aromatic rings. The number of methoxy groups -OCH3 is 2. The van der Waals surface area contributed by atoms with E-state index in [1.165, 1.54) is 7.11 Å². The van der Waals surface area contributed by atoms with Crippen LogP contribution in [-0.4, -0.2) is 74.3 Å². The standard InChI is InChI=1S/C29H39NO8/c1-6-7-11-30-12-8-18-13-21-22(36-17-35-21)14-19(18)25-20(30)15-23(33-4)26(25)37-27(32)29(16-24(31)34-5)10-9-28(2,3)38-29/h13-15,20,25-26H,6-12,16-17H2,1-5H3/t20-,25-,26+,29+/m0/s1. The van der Waals surface area contributed by atoms with E-state index in [1.807, 2.05) is 19.9 Å². The van der Waals surface area contributed by atoms with E-state index in [4.69, 9.17) is 28.4 Å². The second-order valence-corrected chi connectivity index (χ2v) is 11.3. The molecular weight excluding hydrogens is 490 g/mol. The Balaban J connectivity index is 1.52. The number of hydrogen-bond donors (Lipinski definition) is 0. The van der Waals surface area contributed by atoms with E-state index in [9.17, 15) is 9.59 Å². The Bertz CT molecular complexity index is 1110. The zero-order valence-corrected chi connectivity index (χ0v) is 23.0. The van der Waals surface area contributed by atoms with E-state index in [-0.39, 0.29) is 25.2 Å². The van der Waals surface area contributed by atoms with Crippen molar-refractivity contribution < 1.29 is 38.0 Å². The highest BCUT2D eigenvalue weighted by molar-refractivity contribution is 5.86. The summed E-state index contributed by atoms with van der Waals surface area (Å²) in [5, 5.41) is 0. The molecule has 9 nitrogen and oxygen atoms in total. The Hall–Kier alpha value is -2.78. The Morgan fingerprint density at radius 2 is 1.89 bits per heavy atom. The molecule has 1 saturated heterocycles. The van der Waals surface area contributed by atoms with Gasteiger partial charge in [-0.2, -0.15) is 0 Å². The van der Waals surface area contributed by atoms with Crippen LogP contribution in [0.15, 0.2) is 24.0 Å². The van der Waals surface area contributed by atoms with Crippen molar-refractivity contribution in [1.82, 2.24) is 4.90 Å². The van der Waals surface area contributed by atoms with Gasteiger partial charge in [-0.3, -0.25) is 9.69 Å². The van der Waals surface area contributed by atoms with Crippen LogP contribution in [0, 0.1) is 0 Å². The Morgan fingerprint density at radius 3 is 2.55 bits per heavy atom. The minimum absolute atomic E-state index is 0.0200. The van der Waals surface area contributed by atoms with Crippen molar-refractivity contribution in [2.45, 2.75) is 88.6 Å². The highest BCUT2D eigenvalue weighted by atomic mass is 16.7. The SMILES string of the molecule is CCCCN1CCc2cc3c(cc2[C@@H]2[C@H](OC(=O)[C@]4(CC(=O)OC)CCC(C)(C)O4)C(OC)=C[C@@H]21)OCO3. The van der Waals surface area contributed by atoms with Crippen LogP contribution in [0.4, 0.5) is 0 Å². The zero-order chi connectivity index (χ0) is 27.1. The van der Waals surface area contributed by atoms with Gasteiger partial charge in [0.05, 0.1) is 26.2 Å². The van der Waals surface area contributed by atoms with Crippen LogP contribution in [0.25, 0.3) is 0 Å². The van der Waals surface area contributed by atoms with Crippen LogP contribution < -0.4 is 9.47 Å². The fraction of sp³-hybridized carbons (Fsp3) is 0.655. The average Bonchev–Trinajstić information content (AvgIpc) is 3.56. The highest BCUT2D eigenvalue weighted by Gasteiger charge is 2.55. The molecule has 0 aromatic heterocycles. The van der Waals surface area contributed by atoms with Crippen LogP contribution >= 0.6 is 0 Å². The van der Waals surface area contributed by atoms with Gasteiger partial charge in [-0.15, -0.1) is 0 Å². The van der Waals surface area contributed by atoms with Gasteiger partial charge in [0.25, 0.3) is 0 Å². The van der Waals surface area contributed by atoms with Crippen molar-refractivity contribution in [2.24, 2.45) is 0 Å². The second-order valence-electron chi connectivity index (χ2n) is 11.3. The third-order valence-corrected chi connectivity index (χ3v) is 8.29. The van der Waals surface area contributed by atoms with Crippen molar-refractivity contribution in [1.29, 1.82) is 0 Å². The summed E-state index contributed by atoms with van der Waals surface area (Å²) in [6.07, 6.45) is 5.20. The number of hydrogen-bond acceptors (Lipinski definition) is 9. The lowest BCUT2D eigenvalue weighted by Crippen LogP contribution is -2.47. The van der Waals surface area contributed by atoms with Crippen molar-refractivity contribution in [3.63, 3.8) is 0 Å². The summed E-state index contributed by atoms with van der Waals surface area (Å²) in [6.45, 7) is 8.00. The van der Waals surface area contributed by atoms with Gasteiger partial charge in [0.15, 0.2) is 23.2 Å². The molecule has 0 bridgehead atoms. The van der Waals surface area contributed by atoms with Crippen molar-refractivity contribution >= 4 is 11.9 Å². The number of rotatable bonds is 8. The van der Waals surface area contributed by atoms with E-state index < -0.39 is 29.2 Å². The number of carbonyl (C=O) groups is 2. The van der Waals surface area contributed by atoms with E-state index in [2.05, 4.69) is 24.0 Å². The van der Waals surface area contributed by atoms with Crippen molar-refractivity contribution in [3.8, 4) is 11.5 Å². The van der Waals surface area contributed by atoms with Gasteiger partial charge in [0.1, 0.15) is 5.76 Å². The van der Waals surface area contributed by atoms with E-state index >= 15 is 0 Å². The zero-order valence-electron chi connectivity index (χ0n) is 23.0. The van der Waals surface area contributed by atoms with E-state index in [0.29, 0.717) is 24.4 Å².